The first-order valence-electron chi connectivity index (χ1n) is 5.45. The van der Waals surface area contributed by atoms with E-state index >= 15 is 0 Å². The van der Waals surface area contributed by atoms with Crippen LogP contribution in [-0.2, 0) is 0 Å². The monoisotopic (exact) mass is 284 g/mol. The lowest BCUT2D eigenvalue weighted by Gasteiger charge is -2.23. The highest BCUT2D eigenvalue weighted by Crippen LogP contribution is 2.28. The molecule has 1 aromatic carbocycles. The highest BCUT2D eigenvalue weighted by molar-refractivity contribution is 9.10. The molecule has 1 saturated heterocycles. The molecule has 1 aliphatic rings. The minimum Gasteiger partial charge on any atom is -0.394 e. The number of aliphatic hydroxyl groups is 1. The van der Waals surface area contributed by atoms with Crippen LogP contribution in [0.3, 0.4) is 0 Å². The van der Waals surface area contributed by atoms with Gasteiger partial charge in [0.1, 0.15) is 0 Å². The Bertz CT molecular complexity index is 397. The second-order valence-corrected chi connectivity index (χ2v) is 5.48. The van der Waals surface area contributed by atoms with E-state index in [1.165, 1.54) is 11.3 Å². The van der Waals surface area contributed by atoms with Crippen LogP contribution in [0.25, 0.3) is 0 Å². The molecule has 3 nitrogen and oxygen atoms in total. The molecule has 1 fully saturated rings. The zero-order valence-corrected chi connectivity index (χ0v) is 11.0. The van der Waals surface area contributed by atoms with Crippen molar-refractivity contribution in [1.29, 1.82) is 0 Å². The third-order valence-electron chi connectivity index (χ3n) is 3.22. The first kappa shape index (κ1) is 11.9. The van der Waals surface area contributed by atoms with Crippen LogP contribution < -0.4 is 10.6 Å². The molecular formula is C12H17BrN2O. The molecule has 16 heavy (non-hydrogen) atoms. The van der Waals surface area contributed by atoms with Gasteiger partial charge in [0.15, 0.2) is 0 Å². The second kappa shape index (κ2) is 4.35. The van der Waals surface area contributed by atoms with Gasteiger partial charge in [-0.1, -0.05) is 22.0 Å². The van der Waals surface area contributed by atoms with Crippen LogP contribution in [0.15, 0.2) is 22.7 Å². The Morgan fingerprint density at radius 2 is 2.31 bits per heavy atom. The molecule has 2 rings (SSSR count). The van der Waals surface area contributed by atoms with E-state index in [2.05, 4.69) is 46.0 Å². The van der Waals surface area contributed by atoms with Crippen LogP contribution in [0.1, 0.15) is 12.0 Å². The molecular weight excluding hydrogens is 268 g/mol. The normalized spacial score (nSPS) is 25.1. The minimum absolute atomic E-state index is 0.0521. The molecule has 1 aromatic rings. The molecule has 1 aliphatic heterocycles. The summed E-state index contributed by atoms with van der Waals surface area (Å²) < 4.78 is 1.11. The number of hydrogen-bond donors (Lipinski definition) is 2. The van der Waals surface area contributed by atoms with E-state index < -0.39 is 5.54 Å². The number of halogens is 1. The fourth-order valence-corrected chi connectivity index (χ4v) is 2.39. The molecule has 0 amide bonds. The Morgan fingerprint density at radius 1 is 1.56 bits per heavy atom. The summed E-state index contributed by atoms with van der Waals surface area (Å²) >= 11 is 3.53. The van der Waals surface area contributed by atoms with Crippen molar-refractivity contribution in [2.75, 3.05) is 24.6 Å². The molecule has 0 aromatic heterocycles. The quantitative estimate of drug-likeness (QED) is 0.869. The maximum atomic E-state index is 9.23. The number of aryl methyl sites for hydroxylation is 1. The van der Waals surface area contributed by atoms with Crippen molar-refractivity contribution in [3.05, 3.63) is 28.2 Å². The predicted octanol–water partition coefficient (Wildman–Crippen LogP) is 1.66. The zero-order valence-electron chi connectivity index (χ0n) is 9.41. The summed E-state index contributed by atoms with van der Waals surface area (Å²) in [6.45, 7) is 3.75. The van der Waals surface area contributed by atoms with Crippen molar-refractivity contribution >= 4 is 21.6 Å². The lowest BCUT2D eigenvalue weighted by molar-refractivity contribution is 0.210. The van der Waals surface area contributed by atoms with Crippen molar-refractivity contribution in [3.8, 4) is 0 Å². The molecule has 0 bridgehead atoms. The van der Waals surface area contributed by atoms with E-state index in [9.17, 15) is 5.11 Å². The summed E-state index contributed by atoms with van der Waals surface area (Å²) in [5, 5.41) is 9.23. The molecule has 0 spiro atoms. The number of hydrogen-bond acceptors (Lipinski definition) is 3. The molecule has 4 heteroatoms. The van der Waals surface area contributed by atoms with Crippen LogP contribution in [0.4, 0.5) is 5.69 Å². The van der Waals surface area contributed by atoms with Gasteiger partial charge in [0, 0.05) is 23.2 Å². The molecule has 0 aliphatic carbocycles. The van der Waals surface area contributed by atoms with Gasteiger partial charge in [-0.2, -0.15) is 0 Å². The molecule has 0 radical (unpaired) electrons. The summed E-state index contributed by atoms with van der Waals surface area (Å²) in [5.74, 6) is 0. The summed E-state index contributed by atoms with van der Waals surface area (Å²) in [6.07, 6.45) is 0.842. The van der Waals surface area contributed by atoms with Gasteiger partial charge in [0.2, 0.25) is 0 Å². The van der Waals surface area contributed by atoms with Gasteiger partial charge < -0.3 is 15.7 Å². The number of benzene rings is 1. The largest absolute Gasteiger partial charge is 0.394 e. The van der Waals surface area contributed by atoms with Crippen molar-refractivity contribution in [2.24, 2.45) is 5.73 Å². The van der Waals surface area contributed by atoms with Gasteiger partial charge in [-0.3, -0.25) is 0 Å². The number of nitrogens with two attached hydrogens (primary N) is 1. The van der Waals surface area contributed by atoms with E-state index in [0.717, 1.165) is 24.0 Å². The van der Waals surface area contributed by atoms with Crippen LogP contribution in [-0.4, -0.2) is 30.3 Å². The summed E-state index contributed by atoms with van der Waals surface area (Å²) in [4.78, 5) is 2.22. The van der Waals surface area contributed by atoms with E-state index in [-0.39, 0.29) is 6.61 Å². The molecule has 0 saturated carbocycles. The van der Waals surface area contributed by atoms with Gasteiger partial charge in [0.05, 0.1) is 12.1 Å². The van der Waals surface area contributed by atoms with Crippen LogP contribution >= 0.6 is 15.9 Å². The van der Waals surface area contributed by atoms with Crippen molar-refractivity contribution in [1.82, 2.24) is 0 Å². The topological polar surface area (TPSA) is 49.5 Å². The average Bonchev–Trinajstić information content (AvgIpc) is 2.66. The number of nitrogens with zero attached hydrogens (tertiary/aromatic N) is 1. The maximum Gasteiger partial charge on any atom is 0.0629 e. The SMILES string of the molecule is Cc1ccc(N2CCC(N)(CO)C2)cc1Br. The number of anilines is 1. The minimum atomic E-state index is -0.433. The summed E-state index contributed by atoms with van der Waals surface area (Å²) in [7, 11) is 0. The van der Waals surface area contributed by atoms with Gasteiger partial charge in [-0.15, -0.1) is 0 Å². The van der Waals surface area contributed by atoms with E-state index in [1.54, 1.807) is 0 Å². The van der Waals surface area contributed by atoms with E-state index in [0.29, 0.717) is 0 Å². The standard InChI is InChI=1S/C12H17BrN2O/c1-9-2-3-10(6-11(9)13)15-5-4-12(14,7-15)8-16/h2-3,6,16H,4-5,7-8,14H2,1H3. The molecule has 88 valence electrons. The van der Waals surface area contributed by atoms with Gasteiger partial charge >= 0.3 is 0 Å². The number of rotatable bonds is 2. The third kappa shape index (κ3) is 2.24. The second-order valence-electron chi connectivity index (χ2n) is 4.63. The first-order chi connectivity index (χ1) is 7.54. The Balaban J connectivity index is 2.17. The number of aliphatic hydroxyl groups excluding tert-OH is 1. The van der Waals surface area contributed by atoms with Crippen molar-refractivity contribution in [2.45, 2.75) is 18.9 Å². The van der Waals surface area contributed by atoms with Crippen molar-refractivity contribution < 1.29 is 5.11 Å². The van der Waals surface area contributed by atoms with Gasteiger partial charge in [-0.05, 0) is 31.0 Å². The summed E-state index contributed by atoms with van der Waals surface area (Å²) in [6, 6.07) is 6.30. The Hall–Kier alpha value is -0.580. The third-order valence-corrected chi connectivity index (χ3v) is 4.08. The molecule has 1 unspecified atom stereocenters. The smallest absolute Gasteiger partial charge is 0.0629 e. The predicted molar refractivity (Wildman–Crippen MR) is 69.7 cm³/mol. The van der Waals surface area contributed by atoms with E-state index in [4.69, 9.17) is 5.73 Å². The van der Waals surface area contributed by atoms with Crippen LogP contribution in [0, 0.1) is 6.92 Å². The Kier molecular flexibility index (Phi) is 3.24. The lowest BCUT2D eigenvalue weighted by atomic mass is 10.0. The van der Waals surface area contributed by atoms with Crippen molar-refractivity contribution in [3.63, 3.8) is 0 Å². The van der Waals surface area contributed by atoms with Gasteiger partial charge in [-0.25, -0.2) is 0 Å². The van der Waals surface area contributed by atoms with Crippen LogP contribution in [0.2, 0.25) is 0 Å². The highest BCUT2D eigenvalue weighted by atomic mass is 79.9. The molecule has 3 N–H and O–H groups in total. The summed E-state index contributed by atoms with van der Waals surface area (Å²) in [5.41, 5.74) is 8.01. The fourth-order valence-electron chi connectivity index (χ4n) is 2.02. The first-order valence-corrected chi connectivity index (χ1v) is 6.24. The fraction of sp³-hybridized carbons (Fsp3) is 0.500. The molecule has 1 atom stereocenters. The molecule has 1 heterocycles. The average molecular weight is 285 g/mol. The highest BCUT2D eigenvalue weighted by Gasteiger charge is 2.33. The van der Waals surface area contributed by atoms with E-state index in [1.807, 2.05) is 0 Å². The maximum absolute atomic E-state index is 9.23. The Morgan fingerprint density at radius 3 is 2.88 bits per heavy atom. The Labute approximate surface area is 104 Å². The van der Waals surface area contributed by atoms with Crippen LogP contribution in [0.5, 0.6) is 0 Å². The zero-order chi connectivity index (χ0) is 11.8. The lowest BCUT2D eigenvalue weighted by Crippen LogP contribution is -2.46. The van der Waals surface area contributed by atoms with Gasteiger partial charge in [0.25, 0.3) is 0 Å².